The van der Waals surface area contributed by atoms with Gasteiger partial charge in [-0.2, -0.15) is 0 Å². The fourth-order valence-electron chi connectivity index (χ4n) is 1.32. The van der Waals surface area contributed by atoms with Gasteiger partial charge in [-0.05, 0) is 34.7 Å². The van der Waals surface area contributed by atoms with Crippen molar-refractivity contribution in [2.75, 3.05) is 46.6 Å². The third-order valence-electron chi connectivity index (χ3n) is 2.23. The van der Waals surface area contributed by atoms with Gasteiger partial charge in [0.15, 0.2) is 0 Å². The van der Waals surface area contributed by atoms with E-state index in [2.05, 4.69) is 27.9 Å². The maximum Gasteiger partial charge on any atom is 0.132 e. The third-order valence-corrected chi connectivity index (χ3v) is 3.12. The van der Waals surface area contributed by atoms with Crippen molar-refractivity contribution >= 4 is 22.6 Å². The second-order valence-corrected chi connectivity index (χ2v) is 4.80. The number of hydrogen-bond donors (Lipinski definition) is 1. The standard InChI is InChI=1S/C13H20INO3/c1-16-8-6-15-7-9-17-10-11-18-13-5-3-2-4-12(13)14/h2-5,15H,6-11H2,1H3. The van der Waals surface area contributed by atoms with Crippen LogP contribution >= 0.6 is 22.6 Å². The lowest BCUT2D eigenvalue weighted by Crippen LogP contribution is -2.24. The predicted molar refractivity (Wildman–Crippen MR) is 80.2 cm³/mol. The molecule has 5 heteroatoms. The minimum absolute atomic E-state index is 0.581. The Bertz CT molecular complexity index is 323. The molecule has 4 nitrogen and oxygen atoms in total. The zero-order valence-corrected chi connectivity index (χ0v) is 12.8. The Labute approximate surface area is 122 Å². The molecule has 1 aromatic carbocycles. The maximum atomic E-state index is 5.61. The molecule has 0 heterocycles. The maximum absolute atomic E-state index is 5.61. The van der Waals surface area contributed by atoms with E-state index in [4.69, 9.17) is 14.2 Å². The number of para-hydroxylation sites is 1. The summed E-state index contributed by atoms with van der Waals surface area (Å²) in [6.45, 7) is 4.31. The van der Waals surface area contributed by atoms with E-state index in [1.54, 1.807) is 7.11 Å². The van der Waals surface area contributed by atoms with Gasteiger partial charge < -0.3 is 19.5 Å². The van der Waals surface area contributed by atoms with E-state index in [9.17, 15) is 0 Å². The molecule has 0 bridgehead atoms. The van der Waals surface area contributed by atoms with Crippen molar-refractivity contribution in [2.24, 2.45) is 0 Å². The Morgan fingerprint density at radius 1 is 1.06 bits per heavy atom. The fraction of sp³-hybridized carbons (Fsp3) is 0.538. The largest absolute Gasteiger partial charge is 0.490 e. The van der Waals surface area contributed by atoms with E-state index in [1.165, 1.54) is 0 Å². The first-order valence-electron chi connectivity index (χ1n) is 5.99. The van der Waals surface area contributed by atoms with Gasteiger partial charge in [0, 0.05) is 20.2 Å². The van der Waals surface area contributed by atoms with Crippen molar-refractivity contribution in [3.8, 4) is 5.75 Å². The molecule has 0 atom stereocenters. The Kier molecular flexibility index (Phi) is 9.19. The molecule has 0 aromatic heterocycles. The van der Waals surface area contributed by atoms with Gasteiger partial charge in [0.25, 0.3) is 0 Å². The number of methoxy groups -OCH3 is 1. The lowest BCUT2D eigenvalue weighted by molar-refractivity contribution is 0.1000. The molecule has 0 radical (unpaired) electrons. The zero-order chi connectivity index (χ0) is 13.1. The van der Waals surface area contributed by atoms with Crippen molar-refractivity contribution in [2.45, 2.75) is 0 Å². The van der Waals surface area contributed by atoms with E-state index in [-0.39, 0.29) is 0 Å². The molecule has 0 unspecified atom stereocenters. The van der Waals surface area contributed by atoms with E-state index >= 15 is 0 Å². The van der Waals surface area contributed by atoms with E-state index in [0.29, 0.717) is 19.8 Å². The van der Waals surface area contributed by atoms with Crippen LogP contribution in [0.1, 0.15) is 0 Å². The van der Waals surface area contributed by atoms with Crippen LogP contribution in [-0.4, -0.2) is 46.6 Å². The molecular formula is C13H20INO3. The molecule has 0 fully saturated rings. The molecule has 1 aromatic rings. The van der Waals surface area contributed by atoms with Gasteiger partial charge in [-0.3, -0.25) is 0 Å². The Balaban J connectivity index is 1.94. The predicted octanol–water partition coefficient (Wildman–Crippen LogP) is 1.92. The van der Waals surface area contributed by atoms with Crippen molar-refractivity contribution in [1.82, 2.24) is 5.32 Å². The summed E-state index contributed by atoms with van der Waals surface area (Å²) in [5, 5.41) is 3.21. The van der Waals surface area contributed by atoms with Crippen molar-refractivity contribution in [3.63, 3.8) is 0 Å². The van der Waals surface area contributed by atoms with E-state index in [0.717, 1.165) is 29.0 Å². The zero-order valence-electron chi connectivity index (χ0n) is 10.7. The highest BCUT2D eigenvalue weighted by molar-refractivity contribution is 14.1. The number of hydrogen-bond acceptors (Lipinski definition) is 4. The van der Waals surface area contributed by atoms with Crippen LogP contribution in [-0.2, 0) is 9.47 Å². The van der Waals surface area contributed by atoms with Crippen molar-refractivity contribution < 1.29 is 14.2 Å². The van der Waals surface area contributed by atoms with Crippen molar-refractivity contribution in [3.05, 3.63) is 27.8 Å². The summed E-state index contributed by atoms with van der Waals surface area (Å²) >= 11 is 2.26. The Hall–Kier alpha value is -0.370. The highest BCUT2D eigenvalue weighted by Crippen LogP contribution is 2.19. The summed E-state index contributed by atoms with van der Waals surface area (Å²) in [5.41, 5.74) is 0. The molecule has 0 spiro atoms. The quantitative estimate of drug-likeness (QED) is 0.508. The molecule has 0 amide bonds. The number of benzene rings is 1. The molecule has 0 saturated carbocycles. The second kappa shape index (κ2) is 10.5. The minimum atomic E-state index is 0.581. The number of ether oxygens (including phenoxy) is 3. The average Bonchev–Trinajstić information content (AvgIpc) is 2.39. The fourth-order valence-corrected chi connectivity index (χ4v) is 1.86. The van der Waals surface area contributed by atoms with Crippen LogP contribution in [0.15, 0.2) is 24.3 Å². The van der Waals surface area contributed by atoms with Gasteiger partial charge in [0.1, 0.15) is 12.4 Å². The first-order valence-corrected chi connectivity index (χ1v) is 7.07. The van der Waals surface area contributed by atoms with Crippen molar-refractivity contribution in [1.29, 1.82) is 0 Å². The Morgan fingerprint density at radius 3 is 2.61 bits per heavy atom. The molecule has 1 N–H and O–H groups in total. The average molecular weight is 365 g/mol. The van der Waals surface area contributed by atoms with Gasteiger partial charge in [-0.1, -0.05) is 12.1 Å². The van der Waals surface area contributed by atoms with Crippen LogP contribution in [0.4, 0.5) is 0 Å². The smallest absolute Gasteiger partial charge is 0.132 e. The summed E-state index contributed by atoms with van der Waals surface area (Å²) in [6.07, 6.45) is 0. The molecule has 18 heavy (non-hydrogen) atoms. The normalized spacial score (nSPS) is 10.6. The number of nitrogens with one attached hydrogen (secondary N) is 1. The molecule has 0 saturated heterocycles. The van der Waals surface area contributed by atoms with Crippen LogP contribution in [0.3, 0.4) is 0 Å². The van der Waals surface area contributed by atoms with Crippen LogP contribution in [0.2, 0.25) is 0 Å². The van der Waals surface area contributed by atoms with Crippen LogP contribution < -0.4 is 10.1 Å². The summed E-state index contributed by atoms with van der Waals surface area (Å²) in [4.78, 5) is 0. The monoisotopic (exact) mass is 365 g/mol. The van der Waals surface area contributed by atoms with E-state index < -0.39 is 0 Å². The molecule has 0 aliphatic rings. The highest BCUT2D eigenvalue weighted by atomic mass is 127. The molecule has 102 valence electrons. The minimum Gasteiger partial charge on any atom is -0.490 e. The second-order valence-electron chi connectivity index (χ2n) is 3.63. The topological polar surface area (TPSA) is 39.7 Å². The SMILES string of the molecule is COCCNCCOCCOc1ccccc1I. The van der Waals surface area contributed by atoms with Gasteiger partial charge in [-0.25, -0.2) is 0 Å². The van der Waals surface area contributed by atoms with E-state index in [1.807, 2.05) is 24.3 Å². The summed E-state index contributed by atoms with van der Waals surface area (Å²) in [5.74, 6) is 0.917. The molecular weight excluding hydrogens is 345 g/mol. The van der Waals surface area contributed by atoms with Gasteiger partial charge >= 0.3 is 0 Å². The van der Waals surface area contributed by atoms with Crippen LogP contribution in [0, 0.1) is 3.57 Å². The summed E-state index contributed by atoms with van der Waals surface area (Å²) in [7, 11) is 1.69. The van der Waals surface area contributed by atoms with Crippen LogP contribution in [0.25, 0.3) is 0 Å². The molecule has 0 aliphatic heterocycles. The number of rotatable bonds is 10. The third kappa shape index (κ3) is 7.15. The highest BCUT2D eigenvalue weighted by Gasteiger charge is 1.98. The first kappa shape index (κ1) is 15.7. The number of halogens is 1. The lowest BCUT2D eigenvalue weighted by Gasteiger charge is -2.09. The van der Waals surface area contributed by atoms with Gasteiger partial charge in [0.2, 0.25) is 0 Å². The Morgan fingerprint density at radius 2 is 1.83 bits per heavy atom. The lowest BCUT2D eigenvalue weighted by atomic mass is 10.3. The molecule has 1 rings (SSSR count). The summed E-state index contributed by atoms with van der Waals surface area (Å²) in [6, 6.07) is 7.96. The first-order chi connectivity index (χ1) is 8.84. The van der Waals surface area contributed by atoms with Gasteiger partial charge in [0.05, 0.1) is 23.4 Å². The van der Waals surface area contributed by atoms with Gasteiger partial charge in [-0.15, -0.1) is 0 Å². The summed E-state index contributed by atoms with van der Waals surface area (Å²) < 4.78 is 17.1. The molecule has 0 aliphatic carbocycles. The van der Waals surface area contributed by atoms with Crippen LogP contribution in [0.5, 0.6) is 5.75 Å².